The van der Waals surface area contributed by atoms with E-state index >= 15 is 0 Å². The van der Waals surface area contributed by atoms with Gasteiger partial charge in [0.25, 0.3) is 0 Å². The summed E-state index contributed by atoms with van der Waals surface area (Å²) < 4.78 is 5.01. The van der Waals surface area contributed by atoms with Gasteiger partial charge in [-0.1, -0.05) is 37.3 Å². The number of rotatable bonds is 7. The Bertz CT molecular complexity index is 493. The lowest BCUT2D eigenvalue weighted by atomic mass is 10.2. The maximum Gasteiger partial charge on any atom is 0.331 e. The number of hydrogen-bond acceptors (Lipinski definition) is 6. The average Bonchev–Trinajstić information content (AvgIpc) is 2.58. The van der Waals surface area contributed by atoms with Gasteiger partial charge < -0.3 is 26.6 Å². The zero-order chi connectivity index (χ0) is 17.7. The fraction of sp³-hybridized carbons (Fsp3) is 0.400. The number of amides is 2. The number of nitrogens with one attached hydrogen (secondary N) is 1. The molecule has 8 nitrogen and oxygen atoms in total. The molecule has 0 fully saturated rings. The number of aliphatic hydroxyl groups is 1. The van der Waals surface area contributed by atoms with E-state index in [4.69, 9.17) is 15.6 Å². The van der Waals surface area contributed by atoms with E-state index in [-0.39, 0.29) is 25.5 Å². The van der Waals surface area contributed by atoms with E-state index in [1.165, 1.54) is 0 Å². The molecule has 0 aliphatic rings. The van der Waals surface area contributed by atoms with E-state index in [1.54, 1.807) is 6.92 Å². The highest BCUT2D eigenvalue weighted by atomic mass is 16.5. The normalized spacial score (nSPS) is 10.7. The van der Waals surface area contributed by atoms with Crippen molar-refractivity contribution in [1.29, 1.82) is 0 Å². The molecule has 0 saturated carbocycles. The first kappa shape index (κ1) is 20.6. The summed E-state index contributed by atoms with van der Waals surface area (Å²) >= 11 is 0. The van der Waals surface area contributed by atoms with Gasteiger partial charge in [-0.05, 0) is 5.56 Å². The average molecular weight is 325 g/mol. The molecule has 0 aliphatic carbocycles. The van der Waals surface area contributed by atoms with Gasteiger partial charge in [-0.25, -0.2) is 4.79 Å². The Morgan fingerprint density at radius 2 is 1.83 bits per heavy atom. The van der Waals surface area contributed by atoms with Crippen LogP contribution in [0.2, 0.25) is 0 Å². The topological polar surface area (TPSA) is 145 Å². The van der Waals surface area contributed by atoms with Crippen LogP contribution in [0.3, 0.4) is 0 Å². The molecule has 0 radical (unpaired) electrons. The van der Waals surface area contributed by atoms with Crippen molar-refractivity contribution in [1.82, 2.24) is 5.32 Å². The summed E-state index contributed by atoms with van der Waals surface area (Å²) in [6.45, 7) is 1.26. The van der Waals surface area contributed by atoms with Crippen LogP contribution >= 0.6 is 0 Å². The smallest absolute Gasteiger partial charge is 0.331 e. The highest BCUT2D eigenvalue weighted by Gasteiger charge is 2.20. The molecule has 6 N–H and O–H groups in total. The van der Waals surface area contributed by atoms with E-state index in [0.29, 0.717) is 0 Å². The van der Waals surface area contributed by atoms with Crippen molar-refractivity contribution in [2.45, 2.75) is 26.0 Å². The van der Waals surface area contributed by atoms with Crippen molar-refractivity contribution in [2.75, 3.05) is 13.2 Å². The number of benzene rings is 1. The molecule has 1 rings (SSSR count). The predicted molar refractivity (Wildman–Crippen MR) is 83.8 cm³/mol. The molecule has 0 aliphatic heterocycles. The predicted octanol–water partition coefficient (Wildman–Crippen LogP) is -0.953. The maximum atomic E-state index is 11.6. The third kappa shape index (κ3) is 9.99. The van der Waals surface area contributed by atoms with Gasteiger partial charge in [0.2, 0.25) is 11.8 Å². The monoisotopic (exact) mass is 325 g/mol. The standard InChI is InChI=1S/C13H17NO4.C2H6N2O/c1-2-12(16)14-11(8-15)13(17)18-9-10-6-4-3-5-7-10;3-1-2(4)5/h3-7,11,15H,2,8-9H2,1H3,(H,14,16);1,3H2,(H2,4,5). The van der Waals surface area contributed by atoms with Crippen LogP contribution in [-0.2, 0) is 25.7 Å². The summed E-state index contributed by atoms with van der Waals surface area (Å²) in [6.07, 6.45) is 0.252. The molecular formula is C15H23N3O5. The first-order chi connectivity index (χ1) is 10.9. The van der Waals surface area contributed by atoms with E-state index in [2.05, 4.69) is 11.1 Å². The van der Waals surface area contributed by atoms with Gasteiger partial charge in [0.05, 0.1) is 13.2 Å². The van der Waals surface area contributed by atoms with E-state index in [1.807, 2.05) is 30.3 Å². The van der Waals surface area contributed by atoms with Crippen molar-refractivity contribution in [2.24, 2.45) is 11.5 Å². The van der Waals surface area contributed by atoms with Crippen molar-refractivity contribution in [3.63, 3.8) is 0 Å². The number of ether oxygens (including phenoxy) is 1. The Balaban J connectivity index is 0.000000841. The van der Waals surface area contributed by atoms with Gasteiger partial charge in [0.1, 0.15) is 6.61 Å². The summed E-state index contributed by atoms with van der Waals surface area (Å²) in [7, 11) is 0. The molecule has 23 heavy (non-hydrogen) atoms. The van der Waals surface area contributed by atoms with Crippen LogP contribution in [0.15, 0.2) is 30.3 Å². The van der Waals surface area contributed by atoms with E-state index in [0.717, 1.165) is 5.56 Å². The Morgan fingerprint density at radius 3 is 2.26 bits per heavy atom. The highest BCUT2D eigenvalue weighted by Crippen LogP contribution is 2.02. The molecule has 0 spiro atoms. The SMILES string of the molecule is CCC(=O)NC(CO)C(=O)OCc1ccccc1.NCC(N)=O. The van der Waals surface area contributed by atoms with Crippen LogP contribution in [0.25, 0.3) is 0 Å². The Labute approximate surface area is 134 Å². The fourth-order valence-corrected chi connectivity index (χ4v) is 1.30. The van der Waals surface area contributed by atoms with Gasteiger partial charge in [-0.2, -0.15) is 0 Å². The molecule has 2 amide bonds. The maximum absolute atomic E-state index is 11.6. The minimum absolute atomic E-state index is 0.0556. The number of aliphatic hydroxyl groups excluding tert-OH is 1. The van der Waals surface area contributed by atoms with Crippen LogP contribution in [0, 0.1) is 0 Å². The third-order valence-corrected chi connectivity index (χ3v) is 2.55. The van der Waals surface area contributed by atoms with Crippen molar-refractivity contribution in [3.8, 4) is 0 Å². The highest BCUT2D eigenvalue weighted by molar-refractivity contribution is 5.84. The van der Waals surface area contributed by atoms with Gasteiger partial charge in [0, 0.05) is 6.42 Å². The zero-order valence-electron chi connectivity index (χ0n) is 13.0. The molecule has 1 atom stereocenters. The molecule has 0 saturated heterocycles. The van der Waals surface area contributed by atoms with Gasteiger partial charge in [-0.3, -0.25) is 9.59 Å². The molecule has 1 aromatic carbocycles. The molecule has 1 unspecified atom stereocenters. The van der Waals surface area contributed by atoms with Crippen LogP contribution < -0.4 is 16.8 Å². The van der Waals surface area contributed by atoms with Crippen LogP contribution in [0.4, 0.5) is 0 Å². The van der Waals surface area contributed by atoms with Crippen LogP contribution in [0.1, 0.15) is 18.9 Å². The molecule has 0 bridgehead atoms. The summed E-state index contributed by atoms with van der Waals surface area (Å²) in [5, 5.41) is 11.4. The number of carbonyl (C=O) groups is 3. The van der Waals surface area contributed by atoms with Gasteiger partial charge in [-0.15, -0.1) is 0 Å². The quantitative estimate of drug-likeness (QED) is 0.475. The number of carbonyl (C=O) groups excluding carboxylic acids is 3. The number of primary amides is 1. The number of hydrogen-bond donors (Lipinski definition) is 4. The Kier molecular flexibility index (Phi) is 10.8. The van der Waals surface area contributed by atoms with Crippen molar-refractivity contribution >= 4 is 17.8 Å². The Morgan fingerprint density at radius 1 is 1.26 bits per heavy atom. The van der Waals surface area contributed by atoms with Gasteiger partial charge in [0.15, 0.2) is 6.04 Å². The lowest BCUT2D eigenvalue weighted by molar-refractivity contribution is -0.150. The summed E-state index contributed by atoms with van der Waals surface area (Å²) in [6, 6.07) is 8.19. The molecule has 8 heteroatoms. The lowest BCUT2D eigenvalue weighted by Gasteiger charge is -2.14. The fourth-order valence-electron chi connectivity index (χ4n) is 1.30. The molecular weight excluding hydrogens is 302 g/mol. The van der Waals surface area contributed by atoms with Crippen molar-refractivity contribution in [3.05, 3.63) is 35.9 Å². The van der Waals surface area contributed by atoms with Gasteiger partial charge >= 0.3 is 5.97 Å². The number of esters is 1. The first-order valence-electron chi connectivity index (χ1n) is 7.03. The second-order valence-corrected chi connectivity index (χ2v) is 4.42. The molecule has 1 aromatic rings. The minimum atomic E-state index is -0.999. The van der Waals surface area contributed by atoms with E-state index in [9.17, 15) is 14.4 Å². The summed E-state index contributed by atoms with van der Waals surface area (Å²) in [5.41, 5.74) is 10.1. The van der Waals surface area contributed by atoms with E-state index < -0.39 is 24.5 Å². The molecule has 0 aromatic heterocycles. The number of nitrogens with two attached hydrogens (primary N) is 2. The summed E-state index contributed by atoms with van der Waals surface area (Å²) in [4.78, 5) is 32.2. The summed E-state index contributed by atoms with van der Waals surface area (Å²) in [5.74, 6) is -1.40. The second kappa shape index (κ2) is 12.1. The Hall–Kier alpha value is -2.45. The molecule has 0 heterocycles. The lowest BCUT2D eigenvalue weighted by Crippen LogP contribution is -2.44. The second-order valence-electron chi connectivity index (χ2n) is 4.42. The third-order valence-electron chi connectivity index (χ3n) is 2.55. The molecule has 128 valence electrons. The largest absolute Gasteiger partial charge is 0.459 e. The minimum Gasteiger partial charge on any atom is -0.459 e. The van der Waals surface area contributed by atoms with Crippen LogP contribution in [-0.4, -0.2) is 42.1 Å². The van der Waals surface area contributed by atoms with Crippen molar-refractivity contribution < 1.29 is 24.2 Å². The first-order valence-corrected chi connectivity index (χ1v) is 7.03. The zero-order valence-corrected chi connectivity index (χ0v) is 13.0. The van der Waals surface area contributed by atoms with Crippen LogP contribution in [0.5, 0.6) is 0 Å².